The smallest absolute Gasteiger partial charge is 0.335 e. The van der Waals surface area contributed by atoms with Crippen molar-refractivity contribution in [2.24, 2.45) is 0 Å². The van der Waals surface area contributed by atoms with E-state index in [1.165, 1.54) is 42.6 Å². The van der Waals surface area contributed by atoms with Crippen LogP contribution in [0.1, 0.15) is 22.1 Å². The monoisotopic (exact) mass is 414 g/mol. The number of amides is 1. The number of alkyl halides is 3. The van der Waals surface area contributed by atoms with Gasteiger partial charge in [0.15, 0.2) is 11.7 Å². The predicted octanol–water partition coefficient (Wildman–Crippen LogP) is 4.57. The number of hydrogen-bond donors (Lipinski definition) is 1. The van der Waals surface area contributed by atoms with Crippen LogP contribution in [0.2, 0.25) is 0 Å². The van der Waals surface area contributed by atoms with E-state index in [2.05, 4.69) is 9.97 Å². The lowest BCUT2D eigenvalue weighted by atomic mass is 10.1. The molecule has 1 unspecified atom stereocenters. The van der Waals surface area contributed by atoms with Crippen LogP contribution in [0.25, 0.3) is 16.9 Å². The largest absolute Gasteiger partial charge is 0.412 e. The molecule has 3 heterocycles. The summed E-state index contributed by atoms with van der Waals surface area (Å²) in [5.74, 6) is -1.12. The van der Waals surface area contributed by atoms with Crippen LogP contribution in [0.5, 0.6) is 0 Å². The van der Waals surface area contributed by atoms with Crippen LogP contribution in [0, 0.1) is 5.82 Å². The summed E-state index contributed by atoms with van der Waals surface area (Å²) in [6.45, 7) is 0. The molecule has 1 aromatic carbocycles. The van der Waals surface area contributed by atoms with Crippen molar-refractivity contribution in [1.29, 1.82) is 0 Å². The number of imidazole rings is 1. The minimum absolute atomic E-state index is 0.173. The molecule has 0 radical (unpaired) electrons. The van der Waals surface area contributed by atoms with E-state index in [4.69, 9.17) is 0 Å². The van der Waals surface area contributed by atoms with E-state index >= 15 is 0 Å². The zero-order valence-corrected chi connectivity index (χ0v) is 15.3. The molecule has 0 aliphatic carbocycles. The number of pyridine rings is 2. The fourth-order valence-corrected chi connectivity index (χ4v) is 3.11. The Kier molecular flexibility index (Phi) is 4.94. The van der Waals surface area contributed by atoms with Crippen LogP contribution in [0.15, 0.2) is 73.2 Å². The lowest BCUT2D eigenvalue weighted by Gasteiger charge is -2.21. The Morgan fingerprint density at radius 3 is 2.47 bits per heavy atom. The minimum atomic E-state index is -4.73. The number of nitrogens with zero attached hydrogens (tertiary/aromatic N) is 3. The number of aromatic nitrogens is 3. The first-order valence-corrected chi connectivity index (χ1v) is 8.85. The fourth-order valence-electron chi connectivity index (χ4n) is 3.11. The maximum Gasteiger partial charge on any atom is 0.412 e. The highest BCUT2D eigenvalue weighted by Gasteiger charge is 2.42. The molecule has 4 aromatic rings. The number of hydrogen-bond acceptors (Lipinski definition) is 3. The van der Waals surface area contributed by atoms with E-state index in [0.717, 1.165) is 6.20 Å². The summed E-state index contributed by atoms with van der Waals surface area (Å²) >= 11 is 0. The van der Waals surface area contributed by atoms with Crippen LogP contribution in [-0.2, 0) is 0 Å². The number of nitrogens with one attached hydrogen (secondary N) is 1. The molecule has 0 bridgehead atoms. The van der Waals surface area contributed by atoms with Gasteiger partial charge < -0.3 is 5.32 Å². The van der Waals surface area contributed by atoms with Crippen molar-refractivity contribution < 1.29 is 22.4 Å². The first-order chi connectivity index (χ1) is 14.3. The van der Waals surface area contributed by atoms with Crippen molar-refractivity contribution in [2.75, 3.05) is 0 Å². The molecule has 0 saturated heterocycles. The Balaban J connectivity index is 1.75. The standard InChI is InChI=1S/C21H14F4N4O/c22-15-8-6-13(7-9-15)19-27-17(16-5-1-2-11-29(16)19)20(30)28-18(21(23,24)25)14-4-3-10-26-12-14/h1-12,18H,(H,28,30). The quantitative estimate of drug-likeness (QED) is 0.498. The summed E-state index contributed by atoms with van der Waals surface area (Å²) < 4.78 is 55.6. The van der Waals surface area contributed by atoms with Gasteiger partial charge in [-0.1, -0.05) is 12.1 Å². The second-order valence-electron chi connectivity index (χ2n) is 6.48. The molecule has 5 nitrogen and oxygen atoms in total. The second kappa shape index (κ2) is 7.58. The Labute approximate surface area is 168 Å². The summed E-state index contributed by atoms with van der Waals surface area (Å²) in [6, 6.07) is 10.7. The highest BCUT2D eigenvalue weighted by Crippen LogP contribution is 2.33. The van der Waals surface area contributed by atoms with E-state index in [1.807, 2.05) is 5.32 Å². The fraction of sp³-hybridized carbons (Fsp3) is 0.0952. The summed E-state index contributed by atoms with van der Waals surface area (Å²) in [5.41, 5.74) is 0.464. The van der Waals surface area contributed by atoms with Gasteiger partial charge in [0.25, 0.3) is 5.91 Å². The van der Waals surface area contributed by atoms with Crippen LogP contribution in [-0.4, -0.2) is 26.5 Å². The van der Waals surface area contributed by atoms with Crippen molar-refractivity contribution in [2.45, 2.75) is 12.2 Å². The Bertz CT molecular complexity index is 1190. The number of rotatable bonds is 4. The molecule has 1 N–H and O–H groups in total. The van der Waals surface area contributed by atoms with Gasteiger partial charge in [-0.05, 0) is 42.5 Å². The molecule has 0 spiro atoms. The van der Waals surface area contributed by atoms with Crippen LogP contribution < -0.4 is 5.32 Å². The van der Waals surface area contributed by atoms with Gasteiger partial charge in [-0.15, -0.1) is 0 Å². The maximum atomic E-state index is 13.6. The van der Waals surface area contributed by atoms with Crippen molar-refractivity contribution in [3.63, 3.8) is 0 Å². The average Bonchev–Trinajstić information content (AvgIpc) is 3.12. The zero-order chi connectivity index (χ0) is 21.3. The highest BCUT2D eigenvalue weighted by atomic mass is 19.4. The first-order valence-electron chi connectivity index (χ1n) is 8.85. The van der Waals surface area contributed by atoms with Crippen LogP contribution in [0.4, 0.5) is 17.6 Å². The van der Waals surface area contributed by atoms with Gasteiger partial charge in [-0.25, -0.2) is 9.37 Å². The molecule has 30 heavy (non-hydrogen) atoms. The zero-order valence-electron chi connectivity index (χ0n) is 15.3. The second-order valence-corrected chi connectivity index (χ2v) is 6.48. The summed E-state index contributed by atoms with van der Waals surface area (Å²) in [5, 5.41) is 2.02. The molecule has 0 saturated carbocycles. The van der Waals surface area contributed by atoms with Gasteiger partial charge in [0.05, 0.1) is 5.52 Å². The van der Waals surface area contributed by atoms with Crippen LogP contribution in [0.3, 0.4) is 0 Å². The normalized spacial score (nSPS) is 12.7. The SMILES string of the molecule is O=C(NC(c1cccnc1)C(F)(F)F)c1nc(-c2ccc(F)cc2)n2ccccc12. The summed E-state index contributed by atoms with van der Waals surface area (Å²) in [6.07, 6.45) is -0.710. The van der Waals surface area contributed by atoms with Gasteiger partial charge in [-0.3, -0.25) is 14.2 Å². The van der Waals surface area contributed by atoms with Crippen molar-refractivity contribution >= 4 is 11.4 Å². The average molecular weight is 414 g/mol. The Morgan fingerprint density at radius 2 is 1.80 bits per heavy atom. The summed E-state index contributed by atoms with van der Waals surface area (Å²) in [4.78, 5) is 20.8. The molecule has 0 fully saturated rings. The van der Waals surface area contributed by atoms with Crippen LogP contribution >= 0.6 is 0 Å². The van der Waals surface area contributed by atoms with Crippen molar-refractivity contribution in [3.8, 4) is 11.4 Å². The molecule has 9 heteroatoms. The Morgan fingerprint density at radius 1 is 1.03 bits per heavy atom. The van der Waals surface area contributed by atoms with Crippen molar-refractivity contribution in [3.05, 3.63) is 90.3 Å². The predicted molar refractivity (Wildman–Crippen MR) is 101 cm³/mol. The van der Waals surface area contributed by atoms with Gasteiger partial charge >= 0.3 is 6.18 Å². The third-order valence-electron chi connectivity index (χ3n) is 4.49. The molecule has 1 amide bonds. The third-order valence-corrected chi connectivity index (χ3v) is 4.49. The Hall–Kier alpha value is -3.75. The molecular weight excluding hydrogens is 400 g/mol. The van der Waals surface area contributed by atoms with E-state index in [9.17, 15) is 22.4 Å². The number of benzene rings is 1. The number of carbonyl (C=O) groups is 1. The molecular formula is C21H14F4N4O. The molecule has 1 atom stereocenters. The van der Waals surface area contributed by atoms with E-state index < -0.39 is 23.9 Å². The molecule has 0 aliphatic rings. The molecule has 3 aromatic heterocycles. The molecule has 0 aliphatic heterocycles. The van der Waals surface area contributed by atoms with Gasteiger partial charge in [0, 0.05) is 29.7 Å². The van der Waals surface area contributed by atoms with Gasteiger partial charge in [0.1, 0.15) is 11.6 Å². The van der Waals surface area contributed by atoms with E-state index in [1.54, 1.807) is 28.8 Å². The van der Waals surface area contributed by atoms with E-state index in [-0.39, 0.29) is 11.3 Å². The van der Waals surface area contributed by atoms with Crippen molar-refractivity contribution in [1.82, 2.24) is 19.7 Å². The van der Waals surface area contributed by atoms with Gasteiger partial charge in [-0.2, -0.15) is 13.2 Å². The topological polar surface area (TPSA) is 59.3 Å². The van der Waals surface area contributed by atoms with E-state index in [0.29, 0.717) is 16.9 Å². The maximum absolute atomic E-state index is 13.6. The lowest BCUT2D eigenvalue weighted by molar-refractivity contribution is -0.155. The van der Waals surface area contributed by atoms with Gasteiger partial charge in [0.2, 0.25) is 0 Å². The third kappa shape index (κ3) is 3.73. The lowest BCUT2D eigenvalue weighted by Crippen LogP contribution is -2.38. The molecule has 4 rings (SSSR count). The summed E-state index contributed by atoms with van der Waals surface area (Å²) in [7, 11) is 0. The molecule has 152 valence electrons. The minimum Gasteiger partial charge on any atom is -0.335 e. The number of halogens is 4. The number of carbonyl (C=O) groups excluding carboxylic acids is 1. The highest BCUT2D eigenvalue weighted by molar-refractivity contribution is 6.00. The number of fused-ring (bicyclic) bond motifs is 1. The first kappa shape index (κ1) is 19.6.